The van der Waals surface area contributed by atoms with Crippen molar-refractivity contribution in [3.8, 4) is 0 Å². The quantitative estimate of drug-likeness (QED) is 0.214. The Morgan fingerprint density at radius 3 is 2.28 bits per heavy atom. The lowest BCUT2D eigenvalue weighted by Gasteiger charge is -2.58. The van der Waals surface area contributed by atoms with E-state index in [0.717, 1.165) is 73.3 Å². The standard InChI is InChI=1S/C40H54FNO4S/c1-26(2)7-6-8-27(3)35-19-20-36-34-18-9-28-25-31(21-23-39(28,4)37(34)22-24-40(35,36)5)46-38(43)42-30-12-16-33(17-13-30)47(44,45)32-14-10-29(41)11-15-32/h9-17,26-27,31,34-37H,6-8,18-25H2,1-5H3,(H,42,43)/t27-,31-,34+,35-,36+,37+,39+,40-/m1/s1. The molecule has 0 spiro atoms. The molecule has 2 aromatic carbocycles. The maximum Gasteiger partial charge on any atom is 0.411 e. The van der Waals surface area contributed by atoms with E-state index in [1.54, 1.807) is 12.1 Å². The van der Waals surface area contributed by atoms with Crippen molar-refractivity contribution in [3.05, 3.63) is 66.0 Å². The van der Waals surface area contributed by atoms with Crippen molar-refractivity contribution >= 4 is 21.6 Å². The zero-order valence-electron chi connectivity index (χ0n) is 28.9. The topological polar surface area (TPSA) is 72.5 Å². The minimum atomic E-state index is -3.79. The van der Waals surface area contributed by atoms with Crippen LogP contribution in [0.3, 0.4) is 0 Å². The molecule has 0 unspecified atom stereocenters. The van der Waals surface area contributed by atoms with Crippen molar-refractivity contribution in [1.82, 2.24) is 0 Å². The minimum absolute atomic E-state index is 0.0171. The molecule has 0 aromatic heterocycles. The van der Waals surface area contributed by atoms with E-state index in [9.17, 15) is 17.6 Å². The van der Waals surface area contributed by atoms with E-state index >= 15 is 0 Å². The summed E-state index contributed by atoms with van der Waals surface area (Å²) in [6, 6.07) is 10.7. The van der Waals surface area contributed by atoms with Gasteiger partial charge in [-0.25, -0.2) is 17.6 Å². The van der Waals surface area contributed by atoms with Gasteiger partial charge in [-0.1, -0.05) is 65.5 Å². The van der Waals surface area contributed by atoms with Gasteiger partial charge in [0.25, 0.3) is 0 Å². The summed E-state index contributed by atoms with van der Waals surface area (Å²) in [6.45, 7) is 12.4. The summed E-state index contributed by atoms with van der Waals surface area (Å²) >= 11 is 0. The highest BCUT2D eigenvalue weighted by atomic mass is 32.2. The van der Waals surface area contributed by atoms with Crippen LogP contribution >= 0.6 is 0 Å². The number of halogens is 1. The average molecular weight is 664 g/mol. The van der Waals surface area contributed by atoms with E-state index in [1.807, 2.05) is 0 Å². The van der Waals surface area contributed by atoms with Crippen LogP contribution in [0, 0.1) is 52.2 Å². The first kappa shape index (κ1) is 34.2. The van der Waals surface area contributed by atoms with Crippen molar-refractivity contribution in [3.63, 3.8) is 0 Å². The maximum absolute atomic E-state index is 13.3. The van der Waals surface area contributed by atoms with E-state index in [4.69, 9.17) is 4.74 Å². The molecule has 0 heterocycles. The Kier molecular flexibility index (Phi) is 9.70. The van der Waals surface area contributed by atoms with Crippen LogP contribution in [0.1, 0.15) is 105 Å². The Balaban J connectivity index is 1.05. The summed E-state index contributed by atoms with van der Waals surface area (Å²) in [7, 11) is -3.79. The lowest BCUT2D eigenvalue weighted by Crippen LogP contribution is -2.51. The Hall–Kier alpha value is -2.67. The van der Waals surface area contributed by atoms with Crippen LogP contribution in [0.25, 0.3) is 0 Å². The van der Waals surface area contributed by atoms with Crippen molar-refractivity contribution in [2.45, 2.75) is 121 Å². The molecule has 0 bridgehead atoms. The van der Waals surface area contributed by atoms with Crippen molar-refractivity contribution in [2.75, 3.05) is 5.32 Å². The zero-order chi connectivity index (χ0) is 33.6. The van der Waals surface area contributed by atoms with E-state index in [2.05, 4.69) is 46.0 Å². The van der Waals surface area contributed by atoms with Crippen LogP contribution in [-0.4, -0.2) is 20.6 Å². The number of hydrogen-bond donors (Lipinski definition) is 1. The number of sulfone groups is 1. The molecule has 5 nitrogen and oxygen atoms in total. The van der Waals surface area contributed by atoms with E-state index < -0.39 is 21.7 Å². The van der Waals surface area contributed by atoms with Gasteiger partial charge >= 0.3 is 6.09 Å². The molecule has 4 aliphatic carbocycles. The van der Waals surface area contributed by atoms with Crippen molar-refractivity contribution in [1.29, 1.82) is 0 Å². The first-order valence-corrected chi connectivity index (χ1v) is 19.6. The van der Waals surface area contributed by atoms with Gasteiger partial charge in [0.05, 0.1) is 9.79 Å². The highest BCUT2D eigenvalue weighted by molar-refractivity contribution is 7.91. The van der Waals surface area contributed by atoms with Crippen LogP contribution in [0.2, 0.25) is 0 Å². The Morgan fingerprint density at radius 1 is 0.915 bits per heavy atom. The van der Waals surface area contributed by atoms with Crippen molar-refractivity contribution in [2.24, 2.45) is 46.3 Å². The van der Waals surface area contributed by atoms with Crippen LogP contribution in [0.15, 0.2) is 70.0 Å². The first-order valence-electron chi connectivity index (χ1n) is 18.1. The Labute approximate surface area is 282 Å². The van der Waals surface area contributed by atoms with E-state index in [0.29, 0.717) is 11.1 Å². The molecule has 0 aliphatic heterocycles. The zero-order valence-corrected chi connectivity index (χ0v) is 29.8. The minimum Gasteiger partial charge on any atom is -0.446 e. The second kappa shape index (κ2) is 13.3. The molecule has 0 saturated heterocycles. The normalized spacial score (nSPS) is 32.5. The van der Waals surface area contributed by atoms with Crippen LogP contribution in [0.4, 0.5) is 14.9 Å². The summed E-state index contributed by atoms with van der Waals surface area (Å²) in [5.74, 6) is 4.29. The third-order valence-electron chi connectivity index (χ3n) is 13.1. The molecule has 256 valence electrons. The predicted molar refractivity (Wildman–Crippen MR) is 185 cm³/mol. The maximum atomic E-state index is 13.3. The van der Waals surface area contributed by atoms with Gasteiger partial charge < -0.3 is 4.74 Å². The molecular formula is C40H54FNO4S. The number of carbonyl (C=O) groups is 1. The molecule has 1 N–H and O–H groups in total. The molecule has 47 heavy (non-hydrogen) atoms. The molecule has 7 heteroatoms. The molecule has 6 rings (SSSR count). The van der Waals surface area contributed by atoms with Gasteiger partial charge in [-0.3, -0.25) is 5.32 Å². The molecule has 1 amide bonds. The van der Waals surface area contributed by atoms with E-state index in [1.165, 1.54) is 74.8 Å². The van der Waals surface area contributed by atoms with Gasteiger partial charge in [0.2, 0.25) is 9.84 Å². The number of fused-ring (bicyclic) bond motifs is 5. The van der Waals surface area contributed by atoms with Crippen LogP contribution in [0.5, 0.6) is 0 Å². The molecule has 4 aliphatic rings. The van der Waals surface area contributed by atoms with Gasteiger partial charge in [0.1, 0.15) is 11.9 Å². The van der Waals surface area contributed by atoms with Crippen molar-refractivity contribution < 1.29 is 22.3 Å². The fraction of sp³-hybridized carbons (Fsp3) is 0.625. The monoisotopic (exact) mass is 663 g/mol. The summed E-state index contributed by atoms with van der Waals surface area (Å²) in [5.41, 5.74) is 2.61. The summed E-state index contributed by atoms with van der Waals surface area (Å²) in [4.78, 5) is 13.0. The highest BCUT2D eigenvalue weighted by Gasteiger charge is 2.59. The fourth-order valence-electron chi connectivity index (χ4n) is 10.5. The fourth-order valence-corrected chi connectivity index (χ4v) is 11.8. The Morgan fingerprint density at radius 2 is 1.60 bits per heavy atom. The summed E-state index contributed by atoms with van der Waals surface area (Å²) in [6.07, 6.45) is 15.3. The number of benzene rings is 2. The third kappa shape index (κ3) is 6.67. The molecule has 0 radical (unpaired) electrons. The number of hydrogen-bond acceptors (Lipinski definition) is 4. The lowest BCUT2D eigenvalue weighted by molar-refractivity contribution is -0.0577. The predicted octanol–water partition coefficient (Wildman–Crippen LogP) is 10.6. The third-order valence-corrected chi connectivity index (χ3v) is 14.9. The summed E-state index contributed by atoms with van der Waals surface area (Å²) < 4.78 is 45.0. The average Bonchev–Trinajstić information content (AvgIpc) is 3.39. The van der Waals surface area contributed by atoms with Gasteiger partial charge in [-0.05, 0) is 140 Å². The summed E-state index contributed by atoms with van der Waals surface area (Å²) in [5, 5.41) is 2.78. The van der Waals surface area contributed by atoms with Gasteiger partial charge in [0, 0.05) is 12.1 Å². The van der Waals surface area contributed by atoms with Crippen LogP contribution in [-0.2, 0) is 14.6 Å². The molecule has 2 aromatic rings. The largest absolute Gasteiger partial charge is 0.446 e. The number of rotatable bonds is 9. The number of allylic oxidation sites excluding steroid dienone is 1. The number of ether oxygens (including phenoxy) is 1. The first-order chi connectivity index (χ1) is 22.3. The second-order valence-corrected chi connectivity index (χ2v) is 18.1. The lowest BCUT2D eigenvalue weighted by atomic mass is 9.47. The number of anilines is 1. The molecule has 3 fully saturated rings. The SMILES string of the molecule is CC(C)CCC[C@@H](C)[C@H]1CC[C@H]2[C@@H]3CC=C4C[C@H](OC(=O)Nc5ccc(S(=O)(=O)c6ccc(F)cc6)cc5)CC[C@]4(C)[C@H]3CC[C@]12C. The smallest absolute Gasteiger partial charge is 0.411 e. The van der Waals surface area contributed by atoms with Crippen LogP contribution < -0.4 is 5.32 Å². The number of nitrogens with one attached hydrogen (secondary N) is 1. The van der Waals surface area contributed by atoms with Gasteiger partial charge in [-0.15, -0.1) is 0 Å². The molecule has 8 atom stereocenters. The van der Waals surface area contributed by atoms with Gasteiger partial charge in [-0.2, -0.15) is 0 Å². The number of carbonyl (C=O) groups excluding carboxylic acids is 1. The molecule has 3 saturated carbocycles. The molecular weight excluding hydrogens is 610 g/mol. The van der Waals surface area contributed by atoms with E-state index in [-0.39, 0.29) is 21.3 Å². The number of amides is 1. The Bertz CT molecular complexity index is 1570. The van der Waals surface area contributed by atoms with Gasteiger partial charge in [0.15, 0.2) is 0 Å². The highest BCUT2D eigenvalue weighted by Crippen LogP contribution is 2.67. The second-order valence-electron chi connectivity index (χ2n) is 16.2.